The molecule has 1 aliphatic heterocycles. The van der Waals surface area contributed by atoms with Crippen molar-refractivity contribution in [1.29, 1.82) is 0 Å². The average Bonchev–Trinajstić information content (AvgIpc) is 3.12. The predicted molar refractivity (Wildman–Crippen MR) is 104 cm³/mol. The van der Waals surface area contributed by atoms with Gasteiger partial charge in [0.15, 0.2) is 0 Å². The number of aryl methyl sites for hydroxylation is 2. The third kappa shape index (κ3) is 4.76. The van der Waals surface area contributed by atoms with Crippen molar-refractivity contribution in [2.24, 2.45) is 0 Å². The second-order valence-electron chi connectivity index (χ2n) is 6.93. The zero-order chi connectivity index (χ0) is 20.1. The molecule has 1 fully saturated rings. The van der Waals surface area contributed by atoms with Gasteiger partial charge in [0.25, 0.3) is 5.91 Å². The Morgan fingerprint density at radius 3 is 2.61 bits per heavy atom. The quantitative estimate of drug-likeness (QED) is 0.669. The van der Waals surface area contributed by atoms with E-state index >= 15 is 0 Å². The van der Waals surface area contributed by atoms with Crippen molar-refractivity contribution in [2.75, 3.05) is 13.1 Å². The van der Waals surface area contributed by atoms with Gasteiger partial charge >= 0.3 is 6.03 Å². The number of aromatic nitrogens is 2. The monoisotopic (exact) mass is 383 g/mol. The molecule has 2 aromatic rings. The summed E-state index contributed by atoms with van der Waals surface area (Å²) in [6.07, 6.45) is 0.519. The highest BCUT2D eigenvalue weighted by atomic mass is 16.2. The van der Waals surface area contributed by atoms with Crippen LogP contribution in [0.5, 0.6) is 0 Å². The third-order valence-electron chi connectivity index (χ3n) is 4.71. The molecule has 1 aromatic heterocycles. The van der Waals surface area contributed by atoms with Gasteiger partial charge in [0.05, 0.1) is 18.7 Å². The molecular formula is C20H25N5O3. The summed E-state index contributed by atoms with van der Waals surface area (Å²) in [6.45, 7) is 5.14. The van der Waals surface area contributed by atoms with E-state index in [0.717, 1.165) is 17.0 Å². The minimum absolute atomic E-state index is 0.0659. The van der Waals surface area contributed by atoms with Crippen LogP contribution >= 0.6 is 0 Å². The molecule has 1 aromatic carbocycles. The number of nitrogens with one attached hydrogen (secondary N) is 2. The van der Waals surface area contributed by atoms with Crippen LogP contribution in [0.1, 0.15) is 23.4 Å². The van der Waals surface area contributed by atoms with Crippen LogP contribution in [0.25, 0.3) is 0 Å². The number of amides is 4. The molecule has 8 heteroatoms. The van der Waals surface area contributed by atoms with Gasteiger partial charge in [0, 0.05) is 18.8 Å². The fourth-order valence-electron chi connectivity index (χ4n) is 3.27. The zero-order valence-corrected chi connectivity index (χ0v) is 16.1. The normalized spacial score (nSPS) is 16.4. The van der Waals surface area contributed by atoms with E-state index in [1.54, 1.807) is 0 Å². The Labute approximate surface area is 163 Å². The van der Waals surface area contributed by atoms with Crippen LogP contribution in [0.2, 0.25) is 0 Å². The standard InChI is InChI=1S/C20H25N5O3/c1-14-12-15(2)25(23-14)11-9-21-18(26)13-17-19(27)24(20(28)22-17)10-8-16-6-4-3-5-7-16/h3-7,12,17H,8-11,13H2,1-2H3,(H,21,26)(H,22,28)/t17-/m1/s1. The first-order chi connectivity index (χ1) is 13.4. The van der Waals surface area contributed by atoms with Crippen LogP contribution in [-0.4, -0.2) is 51.7 Å². The van der Waals surface area contributed by atoms with Crippen LogP contribution in [0, 0.1) is 13.8 Å². The smallest absolute Gasteiger partial charge is 0.324 e. The molecule has 0 spiro atoms. The second kappa shape index (κ2) is 8.69. The molecule has 0 saturated carbocycles. The first-order valence-corrected chi connectivity index (χ1v) is 9.37. The largest absolute Gasteiger partial charge is 0.354 e. The SMILES string of the molecule is Cc1cc(C)n(CCNC(=O)C[C@H]2NC(=O)N(CCc3ccccc3)C2=O)n1. The highest BCUT2D eigenvalue weighted by Gasteiger charge is 2.38. The first-order valence-electron chi connectivity index (χ1n) is 9.37. The van der Waals surface area contributed by atoms with Gasteiger partial charge in [0.2, 0.25) is 5.91 Å². The number of hydrogen-bond acceptors (Lipinski definition) is 4. The number of benzene rings is 1. The lowest BCUT2D eigenvalue weighted by Gasteiger charge is -2.13. The predicted octanol–water partition coefficient (Wildman–Crippen LogP) is 1.17. The number of rotatable bonds is 8. The van der Waals surface area contributed by atoms with Gasteiger partial charge in [-0.2, -0.15) is 5.10 Å². The van der Waals surface area contributed by atoms with Crippen molar-refractivity contribution >= 4 is 17.8 Å². The summed E-state index contributed by atoms with van der Waals surface area (Å²) >= 11 is 0. The maximum absolute atomic E-state index is 12.5. The summed E-state index contributed by atoms with van der Waals surface area (Å²) in [7, 11) is 0. The Morgan fingerprint density at radius 1 is 1.18 bits per heavy atom. The number of carbonyl (C=O) groups is 3. The Bertz CT molecular complexity index is 862. The molecule has 4 amide bonds. The third-order valence-corrected chi connectivity index (χ3v) is 4.71. The lowest BCUT2D eigenvalue weighted by Crippen LogP contribution is -2.37. The maximum Gasteiger partial charge on any atom is 0.324 e. The lowest BCUT2D eigenvalue weighted by atomic mass is 10.1. The van der Waals surface area contributed by atoms with E-state index in [9.17, 15) is 14.4 Å². The Kier molecular flexibility index (Phi) is 6.08. The number of hydrogen-bond donors (Lipinski definition) is 2. The molecular weight excluding hydrogens is 358 g/mol. The zero-order valence-electron chi connectivity index (χ0n) is 16.1. The van der Waals surface area contributed by atoms with E-state index in [1.165, 1.54) is 4.90 Å². The topological polar surface area (TPSA) is 96.3 Å². The molecule has 8 nitrogen and oxygen atoms in total. The van der Waals surface area contributed by atoms with Crippen molar-refractivity contribution < 1.29 is 14.4 Å². The number of urea groups is 1. The fourth-order valence-corrected chi connectivity index (χ4v) is 3.27. The summed E-state index contributed by atoms with van der Waals surface area (Å²) in [6, 6.07) is 10.4. The van der Waals surface area contributed by atoms with Crippen LogP contribution in [0.15, 0.2) is 36.4 Å². The fraction of sp³-hybridized carbons (Fsp3) is 0.400. The molecule has 1 aliphatic rings. The Morgan fingerprint density at radius 2 is 1.93 bits per heavy atom. The van der Waals surface area contributed by atoms with E-state index in [1.807, 2.05) is 54.9 Å². The summed E-state index contributed by atoms with van der Waals surface area (Å²) in [5.74, 6) is -0.625. The molecule has 0 aliphatic carbocycles. The van der Waals surface area contributed by atoms with Gasteiger partial charge in [-0.3, -0.25) is 19.2 Å². The molecule has 1 saturated heterocycles. The van der Waals surface area contributed by atoms with Gasteiger partial charge < -0.3 is 10.6 Å². The van der Waals surface area contributed by atoms with Crippen molar-refractivity contribution in [2.45, 2.75) is 39.3 Å². The minimum Gasteiger partial charge on any atom is -0.354 e. The van der Waals surface area contributed by atoms with E-state index in [4.69, 9.17) is 0 Å². The van der Waals surface area contributed by atoms with E-state index in [-0.39, 0.29) is 18.2 Å². The van der Waals surface area contributed by atoms with Gasteiger partial charge in [-0.25, -0.2) is 4.79 Å². The van der Waals surface area contributed by atoms with Crippen molar-refractivity contribution in [3.05, 3.63) is 53.3 Å². The van der Waals surface area contributed by atoms with Gasteiger partial charge in [-0.1, -0.05) is 30.3 Å². The lowest BCUT2D eigenvalue weighted by molar-refractivity contribution is -0.130. The van der Waals surface area contributed by atoms with Crippen molar-refractivity contribution in [3.8, 4) is 0 Å². The first kappa shape index (κ1) is 19.6. The van der Waals surface area contributed by atoms with E-state index in [0.29, 0.717) is 26.1 Å². The van der Waals surface area contributed by atoms with Gasteiger partial charge in [0.1, 0.15) is 6.04 Å². The number of nitrogens with zero attached hydrogens (tertiary/aromatic N) is 3. The van der Waals surface area contributed by atoms with Gasteiger partial charge in [-0.05, 0) is 31.9 Å². The Balaban J connectivity index is 1.45. The molecule has 3 rings (SSSR count). The molecule has 28 heavy (non-hydrogen) atoms. The summed E-state index contributed by atoms with van der Waals surface area (Å²) in [5.41, 5.74) is 3.01. The van der Waals surface area contributed by atoms with E-state index < -0.39 is 12.1 Å². The van der Waals surface area contributed by atoms with Gasteiger partial charge in [-0.15, -0.1) is 0 Å². The highest BCUT2D eigenvalue weighted by molar-refractivity contribution is 6.05. The molecule has 2 heterocycles. The molecule has 0 radical (unpaired) electrons. The molecule has 2 N–H and O–H groups in total. The summed E-state index contributed by atoms with van der Waals surface area (Å²) < 4.78 is 1.82. The number of carbonyl (C=O) groups excluding carboxylic acids is 3. The molecule has 0 bridgehead atoms. The molecule has 148 valence electrons. The minimum atomic E-state index is -0.808. The number of imide groups is 1. The molecule has 1 atom stereocenters. The van der Waals surface area contributed by atoms with Crippen LogP contribution in [0.4, 0.5) is 4.79 Å². The second-order valence-corrected chi connectivity index (χ2v) is 6.93. The summed E-state index contributed by atoms with van der Waals surface area (Å²) in [4.78, 5) is 37.9. The summed E-state index contributed by atoms with van der Waals surface area (Å²) in [5, 5.41) is 9.72. The molecule has 0 unspecified atom stereocenters. The van der Waals surface area contributed by atoms with Crippen LogP contribution in [-0.2, 0) is 22.6 Å². The van der Waals surface area contributed by atoms with Crippen molar-refractivity contribution in [3.63, 3.8) is 0 Å². The highest BCUT2D eigenvalue weighted by Crippen LogP contribution is 2.11. The van der Waals surface area contributed by atoms with Crippen LogP contribution < -0.4 is 10.6 Å². The maximum atomic E-state index is 12.5. The average molecular weight is 383 g/mol. The van der Waals surface area contributed by atoms with Crippen LogP contribution in [0.3, 0.4) is 0 Å². The van der Waals surface area contributed by atoms with E-state index in [2.05, 4.69) is 15.7 Å². The van der Waals surface area contributed by atoms with Crippen molar-refractivity contribution in [1.82, 2.24) is 25.3 Å². The Hall–Kier alpha value is -3.16.